The van der Waals surface area contributed by atoms with E-state index in [4.69, 9.17) is 14.2 Å². The van der Waals surface area contributed by atoms with Crippen molar-refractivity contribution < 1.29 is 14.2 Å². The number of hydrogen-bond donors (Lipinski definition) is 1. The van der Waals surface area contributed by atoms with Gasteiger partial charge in [0.1, 0.15) is 5.75 Å². The van der Waals surface area contributed by atoms with Crippen molar-refractivity contribution in [3.05, 3.63) is 16.1 Å². The van der Waals surface area contributed by atoms with E-state index in [-0.39, 0.29) is 0 Å². The second-order valence-corrected chi connectivity index (χ2v) is 4.31. The van der Waals surface area contributed by atoms with E-state index in [0.29, 0.717) is 5.75 Å². The maximum Gasteiger partial charge on any atom is 0.167 e. The summed E-state index contributed by atoms with van der Waals surface area (Å²) in [6, 6.07) is 1.85. The molecule has 0 aliphatic heterocycles. The predicted molar refractivity (Wildman–Crippen MR) is 71.4 cm³/mol. The number of halogens is 1. The Balaban J connectivity index is 3.30. The summed E-state index contributed by atoms with van der Waals surface area (Å²) in [6.45, 7) is 0.840. The van der Waals surface area contributed by atoms with Gasteiger partial charge in [-0.05, 0) is 35.9 Å². The van der Waals surface area contributed by atoms with E-state index in [1.54, 1.807) is 21.3 Å². The van der Waals surface area contributed by atoms with Gasteiger partial charge in [-0.3, -0.25) is 0 Å². The zero-order valence-electron chi connectivity index (χ0n) is 10.6. The highest BCUT2D eigenvalue weighted by atomic mass is 79.9. The Morgan fingerprint density at radius 2 is 1.76 bits per heavy atom. The van der Waals surface area contributed by atoms with Crippen molar-refractivity contribution in [3.63, 3.8) is 0 Å². The molecule has 0 spiro atoms. The summed E-state index contributed by atoms with van der Waals surface area (Å²) in [4.78, 5) is 0. The lowest BCUT2D eigenvalue weighted by molar-refractivity contribution is 0.342. The standard InChI is InChI=1S/C12H18BrNO3/c1-14-6-5-8-11(16-3)9(13)7-10(15-2)12(8)17-4/h7,14H,5-6H2,1-4H3. The van der Waals surface area contributed by atoms with Gasteiger partial charge < -0.3 is 19.5 Å². The number of hydrogen-bond acceptors (Lipinski definition) is 4. The van der Waals surface area contributed by atoms with Crippen LogP contribution in [0, 0.1) is 0 Å². The highest BCUT2D eigenvalue weighted by molar-refractivity contribution is 9.10. The van der Waals surface area contributed by atoms with Gasteiger partial charge in [0.15, 0.2) is 11.5 Å². The first-order chi connectivity index (χ1) is 8.19. The van der Waals surface area contributed by atoms with Crippen LogP contribution >= 0.6 is 15.9 Å². The van der Waals surface area contributed by atoms with Gasteiger partial charge in [-0.15, -0.1) is 0 Å². The van der Waals surface area contributed by atoms with Crippen LogP contribution in [-0.2, 0) is 6.42 Å². The van der Waals surface area contributed by atoms with E-state index >= 15 is 0 Å². The summed E-state index contributed by atoms with van der Waals surface area (Å²) in [5.74, 6) is 2.21. The van der Waals surface area contributed by atoms with Gasteiger partial charge in [0.2, 0.25) is 0 Å². The fourth-order valence-electron chi connectivity index (χ4n) is 1.72. The zero-order chi connectivity index (χ0) is 12.8. The molecule has 0 atom stereocenters. The molecule has 4 nitrogen and oxygen atoms in total. The van der Waals surface area contributed by atoms with Crippen molar-refractivity contribution >= 4 is 15.9 Å². The maximum absolute atomic E-state index is 5.41. The Morgan fingerprint density at radius 3 is 2.24 bits per heavy atom. The lowest BCUT2D eigenvalue weighted by Crippen LogP contribution is -2.12. The quantitative estimate of drug-likeness (QED) is 0.875. The summed E-state index contributed by atoms with van der Waals surface area (Å²) in [7, 11) is 6.82. The molecule has 96 valence electrons. The summed E-state index contributed by atoms with van der Waals surface area (Å²) in [5.41, 5.74) is 0.996. The topological polar surface area (TPSA) is 39.7 Å². The highest BCUT2D eigenvalue weighted by Crippen LogP contribution is 2.42. The van der Waals surface area contributed by atoms with E-state index in [1.165, 1.54) is 0 Å². The van der Waals surface area contributed by atoms with E-state index in [1.807, 2.05) is 13.1 Å². The normalized spacial score (nSPS) is 10.2. The van der Waals surface area contributed by atoms with Crippen LogP contribution in [0.1, 0.15) is 5.56 Å². The minimum atomic E-state index is 0.700. The number of nitrogens with one attached hydrogen (secondary N) is 1. The number of benzene rings is 1. The Morgan fingerprint density at radius 1 is 1.12 bits per heavy atom. The van der Waals surface area contributed by atoms with Crippen LogP contribution in [0.15, 0.2) is 10.5 Å². The van der Waals surface area contributed by atoms with E-state index in [0.717, 1.165) is 34.5 Å². The first kappa shape index (κ1) is 14.1. The molecular weight excluding hydrogens is 286 g/mol. The molecule has 0 fully saturated rings. The number of likely N-dealkylation sites (N-methyl/N-ethyl adjacent to an activating group) is 1. The minimum absolute atomic E-state index is 0.700. The Hall–Kier alpha value is -0.940. The molecule has 0 aliphatic rings. The first-order valence-corrected chi connectivity index (χ1v) is 6.10. The molecule has 1 aromatic carbocycles. The summed E-state index contributed by atoms with van der Waals surface area (Å²) in [5, 5.41) is 3.11. The van der Waals surface area contributed by atoms with Crippen LogP contribution < -0.4 is 19.5 Å². The van der Waals surface area contributed by atoms with Crippen LogP contribution in [0.2, 0.25) is 0 Å². The van der Waals surface area contributed by atoms with Crippen molar-refractivity contribution in [2.75, 3.05) is 34.9 Å². The van der Waals surface area contributed by atoms with Gasteiger partial charge in [-0.25, -0.2) is 0 Å². The molecule has 0 aliphatic carbocycles. The summed E-state index contributed by atoms with van der Waals surface area (Å²) in [6.07, 6.45) is 0.804. The molecule has 0 unspecified atom stereocenters. The lowest BCUT2D eigenvalue weighted by atomic mass is 10.1. The monoisotopic (exact) mass is 303 g/mol. The molecule has 0 amide bonds. The second-order valence-electron chi connectivity index (χ2n) is 3.46. The zero-order valence-corrected chi connectivity index (χ0v) is 12.2. The molecule has 5 heteroatoms. The third kappa shape index (κ3) is 3.04. The SMILES string of the molecule is CNCCc1c(OC)c(Br)cc(OC)c1OC. The molecule has 17 heavy (non-hydrogen) atoms. The Kier molecular flexibility index (Phi) is 5.58. The summed E-state index contributed by atoms with van der Waals surface area (Å²) >= 11 is 3.47. The third-order valence-electron chi connectivity index (χ3n) is 2.50. The lowest BCUT2D eigenvalue weighted by Gasteiger charge is -2.17. The molecule has 1 aromatic rings. The van der Waals surface area contributed by atoms with Gasteiger partial charge in [-0.1, -0.05) is 0 Å². The van der Waals surface area contributed by atoms with Crippen molar-refractivity contribution in [3.8, 4) is 17.2 Å². The number of methoxy groups -OCH3 is 3. The van der Waals surface area contributed by atoms with E-state index < -0.39 is 0 Å². The fourth-order valence-corrected chi connectivity index (χ4v) is 2.32. The molecule has 1 N–H and O–H groups in total. The molecule has 0 bridgehead atoms. The van der Waals surface area contributed by atoms with Gasteiger partial charge in [0.25, 0.3) is 0 Å². The van der Waals surface area contributed by atoms with Crippen molar-refractivity contribution in [2.45, 2.75) is 6.42 Å². The maximum atomic E-state index is 5.41. The van der Waals surface area contributed by atoms with Gasteiger partial charge in [0, 0.05) is 11.6 Å². The fraction of sp³-hybridized carbons (Fsp3) is 0.500. The van der Waals surface area contributed by atoms with Crippen LogP contribution in [0.25, 0.3) is 0 Å². The van der Waals surface area contributed by atoms with Crippen molar-refractivity contribution in [1.29, 1.82) is 0 Å². The number of rotatable bonds is 6. The largest absolute Gasteiger partial charge is 0.495 e. The van der Waals surface area contributed by atoms with Gasteiger partial charge in [0.05, 0.1) is 25.8 Å². The molecule has 0 saturated carbocycles. The first-order valence-electron chi connectivity index (χ1n) is 5.31. The Labute approximate surface area is 110 Å². The van der Waals surface area contributed by atoms with Gasteiger partial charge in [-0.2, -0.15) is 0 Å². The second kappa shape index (κ2) is 6.71. The molecule has 0 aromatic heterocycles. The van der Waals surface area contributed by atoms with Crippen molar-refractivity contribution in [2.24, 2.45) is 0 Å². The predicted octanol–water partition coefficient (Wildman–Crippen LogP) is 2.24. The van der Waals surface area contributed by atoms with Crippen LogP contribution in [0.5, 0.6) is 17.2 Å². The van der Waals surface area contributed by atoms with E-state index in [9.17, 15) is 0 Å². The smallest absolute Gasteiger partial charge is 0.167 e. The van der Waals surface area contributed by atoms with Crippen LogP contribution in [0.3, 0.4) is 0 Å². The van der Waals surface area contributed by atoms with Crippen LogP contribution in [-0.4, -0.2) is 34.9 Å². The Bertz CT molecular complexity index is 383. The average Bonchev–Trinajstić information content (AvgIpc) is 2.35. The third-order valence-corrected chi connectivity index (χ3v) is 3.09. The van der Waals surface area contributed by atoms with Gasteiger partial charge >= 0.3 is 0 Å². The van der Waals surface area contributed by atoms with Crippen molar-refractivity contribution in [1.82, 2.24) is 5.32 Å². The minimum Gasteiger partial charge on any atom is -0.495 e. The van der Waals surface area contributed by atoms with E-state index in [2.05, 4.69) is 21.2 Å². The molecular formula is C12H18BrNO3. The van der Waals surface area contributed by atoms with Crippen LogP contribution in [0.4, 0.5) is 0 Å². The highest BCUT2D eigenvalue weighted by Gasteiger charge is 2.18. The average molecular weight is 304 g/mol. The molecule has 0 saturated heterocycles. The number of ether oxygens (including phenoxy) is 3. The molecule has 1 rings (SSSR count). The summed E-state index contributed by atoms with van der Waals surface area (Å²) < 4.78 is 17.0. The molecule has 0 radical (unpaired) electrons. The molecule has 0 heterocycles.